The molecule has 8 nitrogen and oxygen atoms in total. The van der Waals surface area contributed by atoms with Gasteiger partial charge in [-0.15, -0.1) is 5.10 Å². The van der Waals surface area contributed by atoms with Gasteiger partial charge in [-0.05, 0) is 73.5 Å². The van der Waals surface area contributed by atoms with Gasteiger partial charge in [-0.1, -0.05) is 18.2 Å². The van der Waals surface area contributed by atoms with Crippen molar-refractivity contribution in [1.29, 1.82) is 0 Å². The molecule has 0 bridgehead atoms. The molecule has 0 aliphatic rings. The molecule has 9 heteroatoms. The van der Waals surface area contributed by atoms with Crippen molar-refractivity contribution in [2.45, 2.75) is 20.4 Å². The molecule has 2 heterocycles. The Morgan fingerprint density at radius 3 is 2.47 bits per heavy atom. The van der Waals surface area contributed by atoms with Gasteiger partial charge in [0.25, 0.3) is 5.88 Å². The van der Waals surface area contributed by atoms with E-state index in [0.29, 0.717) is 22.5 Å². The second kappa shape index (κ2) is 8.43. The van der Waals surface area contributed by atoms with Gasteiger partial charge in [0.2, 0.25) is 11.6 Å². The predicted molar refractivity (Wildman–Crippen MR) is 126 cm³/mol. The molecule has 5 aromatic rings. The van der Waals surface area contributed by atoms with Gasteiger partial charge < -0.3 is 10.1 Å². The van der Waals surface area contributed by atoms with Crippen molar-refractivity contribution < 1.29 is 13.9 Å². The standard InChI is InChI=1S/C25H20FN5O3/c1-15-11-16(2)13-19(12-15)34-24-23-29-30(14-22(32)27-18-9-7-17(26)8-10-18)25(33)31(23)21-6-4-3-5-20(21)28-24/h3-13H,14H2,1-2H3,(H,27,32). The van der Waals surface area contributed by atoms with E-state index >= 15 is 0 Å². The van der Waals surface area contributed by atoms with E-state index < -0.39 is 17.4 Å². The summed E-state index contributed by atoms with van der Waals surface area (Å²) in [4.78, 5) is 30.4. The number of aryl methyl sites for hydroxylation is 2. The molecule has 0 radical (unpaired) electrons. The van der Waals surface area contributed by atoms with Crippen LogP contribution in [0.2, 0.25) is 0 Å². The zero-order valence-electron chi connectivity index (χ0n) is 18.4. The molecule has 170 valence electrons. The predicted octanol–water partition coefficient (Wildman–Crippen LogP) is 4.23. The number of fused-ring (bicyclic) bond motifs is 3. The van der Waals surface area contributed by atoms with Gasteiger partial charge in [0.05, 0.1) is 11.0 Å². The van der Waals surface area contributed by atoms with E-state index in [1.165, 1.54) is 28.7 Å². The third-order valence-corrected chi connectivity index (χ3v) is 5.21. The number of carbonyl (C=O) groups is 1. The minimum absolute atomic E-state index is 0.151. The van der Waals surface area contributed by atoms with Crippen LogP contribution >= 0.6 is 0 Å². The smallest absolute Gasteiger partial charge is 0.351 e. The fourth-order valence-electron chi connectivity index (χ4n) is 3.82. The number of ether oxygens (including phenoxy) is 1. The van der Waals surface area contributed by atoms with Crippen LogP contribution in [-0.4, -0.2) is 25.1 Å². The van der Waals surface area contributed by atoms with Crippen molar-refractivity contribution in [3.05, 3.63) is 94.2 Å². The van der Waals surface area contributed by atoms with Gasteiger partial charge in [-0.25, -0.2) is 23.3 Å². The van der Waals surface area contributed by atoms with E-state index in [2.05, 4.69) is 15.4 Å². The number of carbonyl (C=O) groups excluding carboxylic acids is 1. The Balaban J connectivity index is 1.56. The van der Waals surface area contributed by atoms with Gasteiger partial charge >= 0.3 is 5.69 Å². The number of rotatable bonds is 5. The fraction of sp³-hybridized carbons (Fsp3) is 0.120. The van der Waals surface area contributed by atoms with Gasteiger partial charge in [0, 0.05) is 5.69 Å². The van der Waals surface area contributed by atoms with Crippen LogP contribution in [0.3, 0.4) is 0 Å². The summed E-state index contributed by atoms with van der Waals surface area (Å²) in [6, 6.07) is 18.2. The van der Waals surface area contributed by atoms with Crippen LogP contribution in [-0.2, 0) is 11.3 Å². The summed E-state index contributed by atoms with van der Waals surface area (Å²) in [6.45, 7) is 3.58. The van der Waals surface area contributed by atoms with Gasteiger partial charge in [0.15, 0.2) is 0 Å². The summed E-state index contributed by atoms with van der Waals surface area (Å²) in [6.07, 6.45) is 0. The van der Waals surface area contributed by atoms with Crippen LogP contribution in [0.4, 0.5) is 10.1 Å². The summed E-state index contributed by atoms with van der Waals surface area (Å²) in [7, 11) is 0. The second-order valence-corrected chi connectivity index (χ2v) is 7.99. The van der Waals surface area contributed by atoms with E-state index in [4.69, 9.17) is 4.74 Å². The lowest BCUT2D eigenvalue weighted by molar-refractivity contribution is -0.117. The largest absolute Gasteiger partial charge is 0.436 e. The first kappa shape index (κ1) is 21.3. The van der Waals surface area contributed by atoms with Gasteiger partial charge in [-0.3, -0.25) is 4.79 Å². The van der Waals surface area contributed by atoms with Crippen molar-refractivity contribution >= 4 is 28.3 Å². The first-order valence-electron chi connectivity index (χ1n) is 10.6. The van der Waals surface area contributed by atoms with Crippen LogP contribution in [0.15, 0.2) is 71.5 Å². The maximum absolute atomic E-state index is 13.2. The van der Waals surface area contributed by atoms with E-state index in [-0.39, 0.29) is 18.1 Å². The molecule has 3 aromatic carbocycles. The molecular weight excluding hydrogens is 437 g/mol. The number of nitrogens with one attached hydrogen (secondary N) is 1. The zero-order valence-corrected chi connectivity index (χ0v) is 18.4. The summed E-state index contributed by atoms with van der Waals surface area (Å²) in [5.41, 5.74) is 3.23. The van der Waals surface area contributed by atoms with Crippen LogP contribution < -0.4 is 15.7 Å². The Morgan fingerprint density at radius 2 is 1.74 bits per heavy atom. The van der Waals surface area contributed by atoms with Gasteiger partial charge in [-0.2, -0.15) is 0 Å². The second-order valence-electron chi connectivity index (χ2n) is 7.99. The number of benzene rings is 3. The maximum atomic E-state index is 13.2. The van der Waals surface area contributed by atoms with E-state index in [1.54, 1.807) is 18.2 Å². The Kier molecular flexibility index (Phi) is 5.29. The van der Waals surface area contributed by atoms with Crippen LogP contribution in [0.25, 0.3) is 16.7 Å². The number of amides is 1. The highest BCUT2D eigenvalue weighted by Crippen LogP contribution is 2.27. The number of anilines is 1. The lowest BCUT2D eigenvalue weighted by Crippen LogP contribution is -2.28. The molecule has 0 saturated heterocycles. The van der Waals surface area contributed by atoms with Crippen LogP contribution in [0.1, 0.15) is 11.1 Å². The first-order valence-corrected chi connectivity index (χ1v) is 10.6. The molecule has 2 aromatic heterocycles. The molecule has 0 aliphatic carbocycles. The SMILES string of the molecule is Cc1cc(C)cc(Oc2nc3ccccc3n3c(=O)n(CC(=O)Nc4ccc(F)cc4)nc23)c1. The number of aromatic nitrogens is 4. The van der Waals surface area contributed by atoms with Crippen molar-refractivity contribution in [3.8, 4) is 11.6 Å². The number of para-hydroxylation sites is 2. The van der Waals surface area contributed by atoms with Gasteiger partial charge in [0.1, 0.15) is 18.1 Å². The zero-order chi connectivity index (χ0) is 23.8. The third-order valence-electron chi connectivity index (χ3n) is 5.21. The monoisotopic (exact) mass is 457 g/mol. The molecular formula is C25H20FN5O3. The maximum Gasteiger partial charge on any atom is 0.351 e. The molecule has 0 fully saturated rings. The Morgan fingerprint density at radius 1 is 1.03 bits per heavy atom. The lowest BCUT2D eigenvalue weighted by Gasteiger charge is -2.09. The number of hydrogen-bond acceptors (Lipinski definition) is 5. The van der Waals surface area contributed by atoms with Crippen molar-refractivity contribution in [1.82, 2.24) is 19.2 Å². The highest BCUT2D eigenvalue weighted by molar-refractivity contribution is 5.90. The Hall–Kier alpha value is -4.53. The lowest BCUT2D eigenvalue weighted by atomic mass is 10.1. The topological polar surface area (TPSA) is 90.5 Å². The van der Waals surface area contributed by atoms with Crippen molar-refractivity contribution in [2.24, 2.45) is 0 Å². The van der Waals surface area contributed by atoms with E-state index in [1.807, 2.05) is 38.1 Å². The quantitative estimate of drug-likeness (QED) is 0.427. The Bertz CT molecular complexity index is 1590. The molecule has 0 atom stereocenters. The van der Waals surface area contributed by atoms with Crippen molar-refractivity contribution in [2.75, 3.05) is 5.32 Å². The minimum atomic E-state index is -0.506. The average Bonchev–Trinajstić information content (AvgIpc) is 3.11. The molecule has 5 rings (SSSR count). The van der Waals surface area contributed by atoms with Crippen LogP contribution in [0, 0.1) is 19.7 Å². The molecule has 0 aliphatic heterocycles. The highest BCUT2D eigenvalue weighted by Gasteiger charge is 2.19. The summed E-state index contributed by atoms with van der Waals surface area (Å²) in [5, 5.41) is 6.99. The summed E-state index contributed by atoms with van der Waals surface area (Å²) >= 11 is 0. The van der Waals surface area contributed by atoms with E-state index in [0.717, 1.165) is 15.8 Å². The molecule has 1 amide bonds. The fourth-order valence-corrected chi connectivity index (χ4v) is 3.82. The molecule has 34 heavy (non-hydrogen) atoms. The number of halogens is 1. The van der Waals surface area contributed by atoms with Crippen molar-refractivity contribution in [3.63, 3.8) is 0 Å². The molecule has 0 unspecified atom stereocenters. The normalized spacial score (nSPS) is 11.1. The average molecular weight is 457 g/mol. The summed E-state index contributed by atoms with van der Waals surface area (Å²) < 4.78 is 21.6. The molecule has 1 N–H and O–H groups in total. The summed E-state index contributed by atoms with van der Waals surface area (Å²) in [5.74, 6) is -0.173. The first-order chi connectivity index (χ1) is 16.4. The van der Waals surface area contributed by atoms with E-state index in [9.17, 15) is 14.0 Å². The third kappa shape index (κ3) is 4.11. The highest BCUT2D eigenvalue weighted by atomic mass is 19.1. The van der Waals surface area contributed by atoms with Crippen LogP contribution in [0.5, 0.6) is 11.6 Å². The molecule has 0 spiro atoms. The number of hydrogen-bond donors (Lipinski definition) is 1. The number of nitrogens with zero attached hydrogens (tertiary/aromatic N) is 4. The minimum Gasteiger partial charge on any atom is -0.436 e. The Labute approximate surface area is 193 Å². The molecule has 0 saturated carbocycles.